The van der Waals surface area contributed by atoms with Gasteiger partial charge in [0.15, 0.2) is 0 Å². The van der Waals surface area contributed by atoms with Gasteiger partial charge in [-0.05, 0) is 51.0 Å². The maximum absolute atomic E-state index is 12.1. The summed E-state index contributed by atoms with van der Waals surface area (Å²) >= 11 is 1.61. The predicted molar refractivity (Wildman–Crippen MR) is 99.1 cm³/mol. The first kappa shape index (κ1) is 19.8. The third-order valence-electron chi connectivity index (χ3n) is 3.91. The summed E-state index contributed by atoms with van der Waals surface area (Å²) in [6.07, 6.45) is 4.71. The lowest BCUT2D eigenvalue weighted by atomic mass is 10.0. The molecule has 23 heavy (non-hydrogen) atoms. The number of thioether (sulfide) groups is 1. The van der Waals surface area contributed by atoms with E-state index >= 15 is 0 Å². The van der Waals surface area contributed by atoms with E-state index in [1.807, 2.05) is 38.3 Å². The van der Waals surface area contributed by atoms with Crippen LogP contribution in [0.25, 0.3) is 0 Å². The van der Waals surface area contributed by atoms with Crippen LogP contribution in [0, 0.1) is 0 Å². The largest absolute Gasteiger partial charge is 0.493 e. The van der Waals surface area contributed by atoms with E-state index in [9.17, 15) is 4.79 Å². The van der Waals surface area contributed by atoms with Crippen LogP contribution in [-0.4, -0.2) is 36.1 Å². The molecule has 1 atom stereocenters. The van der Waals surface area contributed by atoms with Crippen LogP contribution < -0.4 is 15.8 Å². The van der Waals surface area contributed by atoms with Gasteiger partial charge in [0, 0.05) is 11.3 Å². The van der Waals surface area contributed by atoms with Gasteiger partial charge in [0.05, 0.1) is 12.6 Å². The van der Waals surface area contributed by atoms with Crippen LogP contribution in [0.2, 0.25) is 0 Å². The van der Waals surface area contributed by atoms with Gasteiger partial charge in [-0.15, -0.1) is 0 Å². The van der Waals surface area contributed by atoms with Crippen molar-refractivity contribution in [3.8, 4) is 5.75 Å². The van der Waals surface area contributed by atoms with Crippen LogP contribution in [0.5, 0.6) is 5.75 Å². The molecule has 5 heteroatoms. The number of para-hydroxylation sites is 1. The van der Waals surface area contributed by atoms with Crippen molar-refractivity contribution in [2.45, 2.75) is 50.8 Å². The number of carbonyl (C=O) groups is 1. The summed E-state index contributed by atoms with van der Waals surface area (Å²) < 4.78 is 5.49. The first-order valence-corrected chi connectivity index (χ1v) is 9.44. The zero-order valence-electron chi connectivity index (χ0n) is 14.7. The topological polar surface area (TPSA) is 64.3 Å². The van der Waals surface area contributed by atoms with Crippen LogP contribution in [-0.2, 0) is 11.2 Å². The molecule has 0 aromatic heterocycles. The Balaban J connectivity index is 2.42. The molecule has 1 rings (SSSR count). The molecule has 3 N–H and O–H groups in total. The lowest BCUT2D eigenvalue weighted by Crippen LogP contribution is -2.52. The molecule has 0 aliphatic rings. The van der Waals surface area contributed by atoms with E-state index in [2.05, 4.69) is 18.3 Å². The molecule has 0 bridgehead atoms. The molecule has 0 aliphatic carbocycles. The Morgan fingerprint density at radius 2 is 2.09 bits per heavy atom. The van der Waals surface area contributed by atoms with Crippen molar-refractivity contribution in [1.82, 2.24) is 5.32 Å². The maximum Gasteiger partial charge on any atom is 0.238 e. The van der Waals surface area contributed by atoms with Gasteiger partial charge < -0.3 is 15.8 Å². The number of hydrogen-bond donors (Lipinski definition) is 2. The number of rotatable bonds is 10. The molecule has 1 aromatic carbocycles. The van der Waals surface area contributed by atoms with Crippen LogP contribution in [0.3, 0.4) is 0 Å². The average Bonchev–Trinajstić information content (AvgIpc) is 2.56. The van der Waals surface area contributed by atoms with Gasteiger partial charge in [-0.3, -0.25) is 4.79 Å². The van der Waals surface area contributed by atoms with E-state index in [-0.39, 0.29) is 10.7 Å². The molecule has 0 fully saturated rings. The third-order valence-corrected chi connectivity index (χ3v) is 5.22. The summed E-state index contributed by atoms with van der Waals surface area (Å²) in [6, 6.07) is 7.58. The second-order valence-electron chi connectivity index (χ2n) is 6.14. The Hall–Kier alpha value is -1.20. The summed E-state index contributed by atoms with van der Waals surface area (Å²) in [5.41, 5.74) is 7.21. The van der Waals surface area contributed by atoms with E-state index in [0.29, 0.717) is 6.54 Å². The standard InChI is InChI=1S/C18H30N2O2S/c1-5-13-22-15-11-7-6-9-14(15)10-8-12-20-17(21)16(19)18(2,3)23-4/h6-7,9,11,16H,5,8,10,12-13,19H2,1-4H3,(H,20,21)/t16-/m1/s1. The SMILES string of the molecule is CCCOc1ccccc1CCCNC(=O)[C@@H](N)C(C)(C)SC. The van der Waals surface area contributed by atoms with Gasteiger partial charge in [-0.1, -0.05) is 25.1 Å². The minimum Gasteiger partial charge on any atom is -0.493 e. The van der Waals surface area contributed by atoms with E-state index < -0.39 is 6.04 Å². The quantitative estimate of drug-likeness (QED) is 0.644. The molecule has 0 unspecified atom stereocenters. The highest BCUT2D eigenvalue weighted by Gasteiger charge is 2.30. The number of hydrogen-bond acceptors (Lipinski definition) is 4. The van der Waals surface area contributed by atoms with Crippen molar-refractivity contribution in [3.63, 3.8) is 0 Å². The number of amides is 1. The second kappa shape index (κ2) is 9.83. The van der Waals surface area contributed by atoms with Crippen molar-refractivity contribution < 1.29 is 9.53 Å². The fourth-order valence-electron chi connectivity index (χ4n) is 2.11. The molecular formula is C18H30N2O2S. The van der Waals surface area contributed by atoms with Crippen LogP contribution in [0.1, 0.15) is 39.2 Å². The molecule has 130 valence electrons. The Kier molecular flexibility index (Phi) is 8.48. The van der Waals surface area contributed by atoms with E-state index in [4.69, 9.17) is 10.5 Å². The number of nitrogens with two attached hydrogens (primary N) is 1. The summed E-state index contributed by atoms with van der Waals surface area (Å²) in [5.74, 6) is 0.862. The van der Waals surface area contributed by atoms with E-state index in [1.165, 1.54) is 5.56 Å². The van der Waals surface area contributed by atoms with Gasteiger partial charge in [-0.2, -0.15) is 11.8 Å². The van der Waals surface area contributed by atoms with Gasteiger partial charge in [-0.25, -0.2) is 0 Å². The minimum absolute atomic E-state index is 0.0835. The first-order valence-electron chi connectivity index (χ1n) is 8.21. The van der Waals surface area contributed by atoms with Crippen molar-refractivity contribution in [3.05, 3.63) is 29.8 Å². The predicted octanol–water partition coefficient (Wildman–Crippen LogP) is 2.99. The van der Waals surface area contributed by atoms with Gasteiger partial charge in [0.2, 0.25) is 5.91 Å². The molecule has 4 nitrogen and oxygen atoms in total. The molecule has 0 radical (unpaired) electrons. The maximum atomic E-state index is 12.1. The highest BCUT2D eigenvalue weighted by atomic mass is 32.2. The molecule has 0 saturated carbocycles. The highest BCUT2D eigenvalue weighted by molar-refractivity contribution is 8.00. The smallest absolute Gasteiger partial charge is 0.238 e. The lowest BCUT2D eigenvalue weighted by molar-refractivity contribution is -0.122. The number of benzene rings is 1. The third kappa shape index (κ3) is 6.43. The number of aryl methyl sites for hydroxylation is 1. The zero-order chi connectivity index (χ0) is 17.3. The van der Waals surface area contributed by atoms with Gasteiger partial charge in [0.25, 0.3) is 0 Å². The molecular weight excluding hydrogens is 308 g/mol. The summed E-state index contributed by atoms with van der Waals surface area (Å²) in [7, 11) is 0. The van der Waals surface area contributed by atoms with Crippen LogP contribution >= 0.6 is 11.8 Å². The monoisotopic (exact) mass is 338 g/mol. The first-order chi connectivity index (χ1) is 10.9. The van der Waals surface area contributed by atoms with Crippen LogP contribution in [0.15, 0.2) is 24.3 Å². The fourth-order valence-corrected chi connectivity index (χ4v) is 2.47. The lowest BCUT2D eigenvalue weighted by Gasteiger charge is -2.28. The molecule has 1 aromatic rings. The molecule has 0 spiro atoms. The normalized spacial score (nSPS) is 12.7. The number of ether oxygens (including phenoxy) is 1. The van der Waals surface area contributed by atoms with Gasteiger partial charge >= 0.3 is 0 Å². The van der Waals surface area contributed by atoms with E-state index in [1.54, 1.807) is 11.8 Å². The Morgan fingerprint density at radius 3 is 2.74 bits per heavy atom. The zero-order valence-corrected chi connectivity index (χ0v) is 15.5. The van der Waals surface area contributed by atoms with Crippen molar-refractivity contribution >= 4 is 17.7 Å². The molecule has 1 amide bonds. The fraction of sp³-hybridized carbons (Fsp3) is 0.611. The van der Waals surface area contributed by atoms with Crippen molar-refractivity contribution in [2.24, 2.45) is 5.73 Å². The molecule has 0 aliphatic heterocycles. The van der Waals surface area contributed by atoms with Crippen LogP contribution in [0.4, 0.5) is 0 Å². The number of carbonyl (C=O) groups excluding carboxylic acids is 1. The Labute approximate surface area is 144 Å². The Morgan fingerprint density at radius 1 is 1.39 bits per heavy atom. The summed E-state index contributed by atoms with van der Waals surface area (Å²) in [6.45, 7) is 7.43. The van der Waals surface area contributed by atoms with Gasteiger partial charge in [0.1, 0.15) is 5.75 Å². The summed E-state index contributed by atoms with van der Waals surface area (Å²) in [5, 5.41) is 2.94. The Bertz CT molecular complexity index is 492. The summed E-state index contributed by atoms with van der Waals surface area (Å²) in [4.78, 5) is 12.1. The number of nitrogens with one attached hydrogen (secondary N) is 1. The second-order valence-corrected chi connectivity index (χ2v) is 7.60. The average molecular weight is 339 g/mol. The minimum atomic E-state index is -0.502. The van der Waals surface area contributed by atoms with E-state index in [0.717, 1.165) is 31.6 Å². The molecule has 0 heterocycles. The van der Waals surface area contributed by atoms with Crippen molar-refractivity contribution in [1.29, 1.82) is 0 Å². The van der Waals surface area contributed by atoms with Crippen molar-refractivity contribution in [2.75, 3.05) is 19.4 Å². The molecule has 0 saturated heterocycles. The highest BCUT2D eigenvalue weighted by Crippen LogP contribution is 2.24.